The number of pyridine rings is 1. The molecule has 0 saturated heterocycles. The molecular weight excluding hydrogens is 343 g/mol. The average molecular weight is 362 g/mol. The molecule has 3 aromatic heterocycles. The van der Waals surface area contributed by atoms with Crippen molar-refractivity contribution in [3.05, 3.63) is 65.7 Å². The monoisotopic (exact) mass is 362 g/mol. The van der Waals surface area contributed by atoms with Crippen molar-refractivity contribution in [3.63, 3.8) is 0 Å². The second-order valence-corrected chi connectivity index (χ2v) is 6.66. The highest BCUT2D eigenvalue weighted by Crippen LogP contribution is 2.27. The van der Waals surface area contributed by atoms with Gasteiger partial charge in [-0.15, -0.1) is 0 Å². The van der Waals surface area contributed by atoms with Gasteiger partial charge in [-0.3, -0.25) is 0 Å². The standard InChI is InChI=1S/C20H19FN6/c1-12(2)15-10-24-19(25-18(15)22)17-14-7-5-9-23-20(14)27(26-17)11-13-6-3-4-8-16(13)21/h3-10,12H,11H2,1-2H3,(H2,22,24,25). The number of hydrogen-bond donors (Lipinski definition) is 1. The number of benzene rings is 1. The molecule has 6 nitrogen and oxygen atoms in total. The predicted molar refractivity (Wildman–Crippen MR) is 103 cm³/mol. The van der Waals surface area contributed by atoms with Gasteiger partial charge in [0.1, 0.15) is 17.3 Å². The van der Waals surface area contributed by atoms with Gasteiger partial charge < -0.3 is 5.73 Å². The lowest BCUT2D eigenvalue weighted by molar-refractivity contribution is 0.589. The van der Waals surface area contributed by atoms with Gasteiger partial charge in [-0.05, 0) is 24.1 Å². The van der Waals surface area contributed by atoms with E-state index in [9.17, 15) is 4.39 Å². The number of hydrogen-bond acceptors (Lipinski definition) is 5. The first kappa shape index (κ1) is 17.1. The van der Waals surface area contributed by atoms with Crippen LogP contribution in [0.4, 0.5) is 10.2 Å². The van der Waals surface area contributed by atoms with Gasteiger partial charge in [0.25, 0.3) is 0 Å². The molecule has 1 aromatic carbocycles. The highest BCUT2D eigenvalue weighted by molar-refractivity contribution is 5.89. The third kappa shape index (κ3) is 3.12. The van der Waals surface area contributed by atoms with Gasteiger partial charge in [0.15, 0.2) is 11.5 Å². The number of aromatic nitrogens is 5. The zero-order valence-electron chi connectivity index (χ0n) is 15.1. The lowest BCUT2D eigenvalue weighted by Crippen LogP contribution is -2.05. The first-order valence-electron chi connectivity index (χ1n) is 8.72. The highest BCUT2D eigenvalue weighted by Gasteiger charge is 2.18. The minimum absolute atomic E-state index is 0.232. The van der Waals surface area contributed by atoms with E-state index in [2.05, 4.69) is 20.1 Å². The molecule has 3 heterocycles. The van der Waals surface area contributed by atoms with Gasteiger partial charge in [0, 0.05) is 23.5 Å². The van der Waals surface area contributed by atoms with E-state index in [1.807, 2.05) is 26.0 Å². The van der Waals surface area contributed by atoms with E-state index in [-0.39, 0.29) is 18.3 Å². The van der Waals surface area contributed by atoms with Crippen molar-refractivity contribution < 1.29 is 4.39 Å². The smallest absolute Gasteiger partial charge is 0.182 e. The van der Waals surface area contributed by atoms with E-state index < -0.39 is 0 Å². The normalized spacial score (nSPS) is 11.4. The lowest BCUT2D eigenvalue weighted by atomic mass is 10.1. The third-order valence-corrected chi connectivity index (χ3v) is 4.47. The summed E-state index contributed by atoms with van der Waals surface area (Å²) in [5.41, 5.74) is 8.76. The van der Waals surface area contributed by atoms with Crippen molar-refractivity contribution in [1.82, 2.24) is 24.7 Å². The maximum absolute atomic E-state index is 14.1. The molecule has 0 aliphatic carbocycles. The summed E-state index contributed by atoms with van der Waals surface area (Å²) in [6, 6.07) is 10.4. The summed E-state index contributed by atoms with van der Waals surface area (Å²) >= 11 is 0. The Kier molecular flexibility index (Phi) is 4.27. The van der Waals surface area contributed by atoms with Crippen LogP contribution in [0.5, 0.6) is 0 Å². The number of nitrogen functional groups attached to an aromatic ring is 1. The molecule has 0 aliphatic heterocycles. The fourth-order valence-corrected chi connectivity index (χ4v) is 3.04. The average Bonchev–Trinajstić information content (AvgIpc) is 3.02. The van der Waals surface area contributed by atoms with E-state index in [1.165, 1.54) is 6.07 Å². The minimum atomic E-state index is -0.277. The van der Waals surface area contributed by atoms with Crippen LogP contribution in [0.3, 0.4) is 0 Å². The first-order valence-corrected chi connectivity index (χ1v) is 8.72. The topological polar surface area (TPSA) is 82.5 Å². The van der Waals surface area contributed by atoms with E-state index in [0.717, 1.165) is 10.9 Å². The molecule has 136 valence electrons. The zero-order chi connectivity index (χ0) is 19.0. The zero-order valence-corrected chi connectivity index (χ0v) is 15.1. The Bertz CT molecular complexity index is 1120. The SMILES string of the molecule is CC(C)c1cnc(-c2nn(Cc3ccccc3F)c3ncccc23)nc1N. The van der Waals surface area contributed by atoms with Crippen molar-refractivity contribution in [2.75, 3.05) is 5.73 Å². The Morgan fingerprint density at radius 3 is 2.67 bits per heavy atom. The first-order chi connectivity index (χ1) is 13.0. The van der Waals surface area contributed by atoms with E-state index in [4.69, 9.17) is 5.73 Å². The van der Waals surface area contributed by atoms with Gasteiger partial charge in [0.05, 0.1) is 11.9 Å². The maximum Gasteiger partial charge on any atom is 0.182 e. The molecule has 27 heavy (non-hydrogen) atoms. The molecule has 7 heteroatoms. The lowest BCUT2D eigenvalue weighted by Gasteiger charge is -2.08. The van der Waals surface area contributed by atoms with E-state index in [1.54, 1.807) is 35.3 Å². The quantitative estimate of drug-likeness (QED) is 0.597. The Morgan fingerprint density at radius 2 is 1.93 bits per heavy atom. The molecule has 4 aromatic rings. The maximum atomic E-state index is 14.1. The van der Waals surface area contributed by atoms with Crippen LogP contribution >= 0.6 is 0 Å². The number of fused-ring (bicyclic) bond motifs is 1. The van der Waals surface area contributed by atoms with Crippen LogP contribution in [0.25, 0.3) is 22.6 Å². The summed E-state index contributed by atoms with van der Waals surface area (Å²) in [5.74, 6) is 0.828. The van der Waals surface area contributed by atoms with Gasteiger partial charge in [-0.25, -0.2) is 24.0 Å². The van der Waals surface area contributed by atoms with Crippen LogP contribution in [-0.2, 0) is 6.54 Å². The molecule has 0 aliphatic rings. The van der Waals surface area contributed by atoms with E-state index in [0.29, 0.717) is 28.5 Å². The Balaban J connectivity index is 1.83. The van der Waals surface area contributed by atoms with Crippen molar-refractivity contribution in [2.24, 2.45) is 0 Å². The largest absolute Gasteiger partial charge is 0.383 e. The van der Waals surface area contributed by atoms with Crippen molar-refractivity contribution in [2.45, 2.75) is 26.3 Å². The molecule has 0 fully saturated rings. The van der Waals surface area contributed by atoms with Crippen LogP contribution in [0, 0.1) is 5.82 Å². The predicted octanol–water partition coefficient (Wildman–Crippen LogP) is 3.78. The molecule has 0 unspecified atom stereocenters. The third-order valence-electron chi connectivity index (χ3n) is 4.47. The molecular formula is C20H19FN6. The molecule has 0 bridgehead atoms. The van der Waals surface area contributed by atoms with Crippen LogP contribution in [-0.4, -0.2) is 24.7 Å². The number of nitrogens with zero attached hydrogens (tertiary/aromatic N) is 5. The van der Waals surface area contributed by atoms with Crippen LogP contribution in [0.1, 0.15) is 30.9 Å². The van der Waals surface area contributed by atoms with Gasteiger partial charge in [-0.1, -0.05) is 32.0 Å². The number of anilines is 1. The molecule has 0 amide bonds. The summed E-state index contributed by atoms with van der Waals surface area (Å²) in [5, 5.41) is 5.42. The van der Waals surface area contributed by atoms with Crippen molar-refractivity contribution in [3.8, 4) is 11.5 Å². The fourth-order valence-electron chi connectivity index (χ4n) is 3.04. The number of nitrogens with two attached hydrogens (primary N) is 1. The van der Waals surface area contributed by atoms with E-state index >= 15 is 0 Å². The van der Waals surface area contributed by atoms with Crippen LogP contribution in [0.2, 0.25) is 0 Å². The summed E-state index contributed by atoms with van der Waals surface area (Å²) < 4.78 is 15.7. The highest BCUT2D eigenvalue weighted by atomic mass is 19.1. The second kappa shape index (κ2) is 6.75. The number of halogens is 1. The molecule has 0 radical (unpaired) electrons. The Hall–Kier alpha value is -3.35. The van der Waals surface area contributed by atoms with Gasteiger partial charge in [0.2, 0.25) is 0 Å². The fraction of sp³-hybridized carbons (Fsp3) is 0.200. The van der Waals surface area contributed by atoms with Gasteiger partial charge >= 0.3 is 0 Å². The van der Waals surface area contributed by atoms with Crippen LogP contribution in [0.15, 0.2) is 48.8 Å². The van der Waals surface area contributed by atoms with Crippen molar-refractivity contribution >= 4 is 16.9 Å². The van der Waals surface area contributed by atoms with Gasteiger partial charge in [-0.2, -0.15) is 5.10 Å². The summed E-state index contributed by atoms with van der Waals surface area (Å²) in [7, 11) is 0. The summed E-state index contributed by atoms with van der Waals surface area (Å²) in [4.78, 5) is 13.3. The summed E-state index contributed by atoms with van der Waals surface area (Å²) in [6.07, 6.45) is 3.42. The minimum Gasteiger partial charge on any atom is -0.383 e. The number of rotatable bonds is 4. The molecule has 4 rings (SSSR count). The summed E-state index contributed by atoms with van der Waals surface area (Å²) in [6.45, 7) is 4.34. The van der Waals surface area contributed by atoms with Crippen molar-refractivity contribution in [1.29, 1.82) is 0 Å². The molecule has 0 saturated carbocycles. The molecule has 0 spiro atoms. The molecule has 0 atom stereocenters. The second-order valence-electron chi connectivity index (χ2n) is 6.66. The molecule has 2 N–H and O–H groups in total. The Labute approximate surface area is 155 Å². The van der Waals surface area contributed by atoms with Crippen LogP contribution < -0.4 is 5.73 Å². The Morgan fingerprint density at radius 1 is 1.11 bits per heavy atom.